The van der Waals surface area contributed by atoms with Gasteiger partial charge in [-0.3, -0.25) is 4.21 Å². The molecular formula is C12H14FN5OS. The third-order valence-corrected chi connectivity index (χ3v) is 4.83. The van der Waals surface area contributed by atoms with Crippen molar-refractivity contribution in [2.75, 3.05) is 17.2 Å². The van der Waals surface area contributed by atoms with Gasteiger partial charge in [-0.1, -0.05) is 0 Å². The number of hydrogen-bond donors (Lipinski definition) is 1. The molecule has 3 rings (SSSR count). The van der Waals surface area contributed by atoms with Crippen molar-refractivity contribution in [1.29, 1.82) is 0 Å². The van der Waals surface area contributed by atoms with E-state index < -0.39 is 16.6 Å². The molecule has 20 heavy (non-hydrogen) atoms. The highest BCUT2D eigenvalue weighted by Gasteiger charge is 2.23. The molecule has 8 heteroatoms. The van der Waals surface area contributed by atoms with E-state index >= 15 is 0 Å². The van der Waals surface area contributed by atoms with Gasteiger partial charge in [0.2, 0.25) is 0 Å². The molecule has 1 aromatic heterocycles. The lowest BCUT2D eigenvalue weighted by molar-refractivity contribution is 0.415. The van der Waals surface area contributed by atoms with Gasteiger partial charge in [0, 0.05) is 27.9 Å². The second-order valence-corrected chi connectivity index (χ2v) is 6.46. The van der Waals surface area contributed by atoms with Crippen LogP contribution in [0.4, 0.5) is 10.1 Å². The second-order valence-electron chi connectivity index (χ2n) is 4.76. The van der Waals surface area contributed by atoms with Gasteiger partial charge in [-0.2, -0.15) is 0 Å². The fourth-order valence-electron chi connectivity index (χ4n) is 2.34. The van der Waals surface area contributed by atoms with Gasteiger partial charge >= 0.3 is 0 Å². The molecule has 2 aromatic rings. The maximum atomic E-state index is 13.2. The Balaban J connectivity index is 1.93. The number of tetrazole rings is 1. The van der Waals surface area contributed by atoms with Gasteiger partial charge in [-0.05, 0) is 41.5 Å². The summed E-state index contributed by atoms with van der Waals surface area (Å²) in [5.41, 5.74) is 6.33. The number of hydrogen-bond acceptors (Lipinski definition) is 5. The van der Waals surface area contributed by atoms with Crippen molar-refractivity contribution in [2.24, 2.45) is 0 Å². The van der Waals surface area contributed by atoms with E-state index in [1.165, 1.54) is 12.1 Å². The Morgan fingerprint density at radius 1 is 1.35 bits per heavy atom. The minimum Gasteiger partial charge on any atom is -0.396 e. The molecule has 0 spiro atoms. The van der Waals surface area contributed by atoms with Crippen molar-refractivity contribution < 1.29 is 8.60 Å². The summed E-state index contributed by atoms with van der Waals surface area (Å²) >= 11 is 0. The molecule has 0 unspecified atom stereocenters. The topological polar surface area (TPSA) is 86.7 Å². The normalized spacial score (nSPS) is 22.9. The number of nitrogens with zero attached hydrogens (tertiary/aromatic N) is 4. The van der Waals surface area contributed by atoms with Crippen LogP contribution in [0, 0.1) is 5.82 Å². The molecule has 0 radical (unpaired) electrons. The molecule has 6 nitrogen and oxygen atoms in total. The van der Waals surface area contributed by atoms with Crippen molar-refractivity contribution in [3.63, 3.8) is 0 Å². The third kappa shape index (κ3) is 2.43. The second kappa shape index (κ2) is 5.28. The van der Waals surface area contributed by atoms with Crippen molar-refractivity contribution in [3.05, 3.63) is 24.0 Å². The highest BCUT2D eigenvalue weighted by molar-refractivity contribution is 7.85. The first-order valence-electron chi connectivity index (χ1n) is 6.33. The number of nitrogens with two attached hydrogens (primary N) is 1. The third-order valence-electron chi connectivity index (χ3n) is 3.45. The summed E-state index contributed by atoms with van der Waals surface area (Å²) in [4.78, 5) is 0. The SMILES string of the molecule is Nc1cc(-c2nnnn2C2CCS(=O)CC2)ccc1F. The summed E-state index contributed by atoms with van der Waals surface area (Å²) in [5.74, 6) is 1.43. The van der Waals surface area contributed by atoms with Crippen LogP contribution in [0.25, 0.3) is 11.4 Å². The maximum absolute atomic E-state index is 13.2. The molecule has 106 valence electrons. The molecule has 2 heterocycles. The summed E-state index contributed by atoms with van der Waals surface area (Å²) in [6.07, 6.45) is 1.56. The summed E-state index contributed by atoms with van der Waals surface area (Å²) in [6, 6.07) is 4.57. The van der Waals surface area contributed by atoms with Crippen LogP contribution in [0.15, 0.2) is 18.2 Å². The summed E-state index contributed by atoms with van der Waals surface area (Å²) in [5, 5.41) is 11.7. The molecule has 1 aliphatic heterocycles. The quantitative estimate of drug-likeness (QED) is 0.840. The zero-order valence-electron chi connectivity index (χ0n) is 10.7. The summed E-state index contributed by atoms with van der Waals surface area (Å²) in [6.45, 7) is 0. The number of nitrogen functional groups attached to an aromatic ring is 1. The first-order chi connectivity index (χ1) is 9.65. The Morgan fingerprint density at radius 2 is 2.10 bits per heavy atom. The van der Waals surface area contributed by atoms with Gasteiger partial charge in [-0.25, -0.2) is 9.07 Å². The van der Waals surface area contributed by atoms with Crippen LogP contribution < -0.4 is 5.73 Å². The average molecular weight is 295 g/mol. The Morgan fingerprint density at radius 3 is 2.80 bits per heavy atom. The monoisotopic (exact) mass is 295 g/mol. The smallest absolute Gasteiger partial charge is 0.182 e. The lowest BCUT2D eigenvalue weighted by Gasteiger charge is -2.22. The minimum absolute atomic E-state index is 0.0711. The van der Waals surface area contributed by atoms with E-state index in [1.54, 1.807) is 10.7 Å². The average Bonchev–Trinajstić information content (AvgIpc) is 2.92. The van der Waals surface area contributed by atoms with Gasteiger partial charge in [0.05, 0.1) is 11.7 Å². The number of rotatable bonds is 2. The molecule has 0 bridgehead atoms. The fraction of sp³-hybridized carbons (Fsp3) is 0.417. The molecule has 0 aliphatic carbocycles. The Labute approximate surface area is 117 Å². The van der Waals surface area contributed by atoms with Crippen LogP contribution in [0.1, 0.15) is 18.9 Å². The van der Waals surface area contributed by atoms with E-state index in [4.69, 9.17) is 5.73 Å². The van der Waals surface area contributed by atoms with E-state index in [2.05, 4.69) is 15.5 Å². The van der Waals surface area contributed by atoms with Crippen molar-refractivity contribution in [1.82, 2.24) is 20.2 Å². The van der Waals surface area contributed by atoms with Gasteiger partial charge in [-0.15, -0.1) is 5.10 Å². The van der Waals surface area contributed by atoms with Gasteiger partial charge in [0.1, 0.15) is 5.82 Å². The largest absolute Gasteiger partial charge is 0.396 e. The van der Waals surface area contributed by atoms with Crippen LogP contribution in [0.3, 0.4) is 0 Å². The molecule has 1 saturated heterocycles. The molecule has 0 saturated carbocycles. The molecule has 0 atom stereocenters. The van der Waals surface area contributed by atoms with E-state index in [1.807, 2.05) is 0 Å². The predicted octanol–water partition coefficient (Wildman–Crippen LogP) is 1.14. The first kappa shape index (κ1) is 13.2. The van der Waals surface area contributed by atoms with Crippen molar-refractivity contribution in [3.8, 4) is 11.4 Å². The molecular weight excluding hydrogens is 281 g/mol. The number of aromatic nitrogens is 4. The van der Waals surface area contributed by atoms with Gasteiger partial charge in [0.15, 0.2) is 5.82 Å². The van der Waals surface area contributed by atoms with Gasteiger partial charge in [0.25, 0.3) is 0 Å². The molecule has 0 amide bonds. The lowest BCUT2D eigenvalue weighted by Crippen LogP contribution is -2.23. The first-order valence-corrected chi connectivity index (χ1v) is 7.82. The Bertz CT molecular complexity index is 649. The van der Waals surface area contributed by atoms with E-state index in [-0.39, 0.29) is 11.7 Å². The van der Waals surface area contributed by atoms with Crippen LogP contribution in [-0.2, 0) is 10.8 Å². The van der Waals surface area contributed by atoms with Crippen molar-refractivity contribution >= 4 is 16.5 Å². The molecule has 1 fully saturated rings. The maximum Gasteiger partial charge on any atom is 0.182 e. The van der Waals surface area contributed by atoms with E-state index in [9.17, 15) is 8.60 Å². The summed E-state index contributed by atoms with van der Waals surface area (Å²) in [7, 11) is -0.732. The predicted molar refractivity (Wildman–Crippen MR) is 73.8 cm³/mol. The van der Waals surface area contributed by atoms with E-state index in [0.717, 1.165) is 12.8 Å². The Hall–Kier alpha value is -1.83. The van der Waals surface area contributed by atoms with Gasteiger partial charge < -0.3 is 5.73 Å². The summed E-state index contributed by atoms with van der Waals surface area (Å²) < 4.78 is 26.4. The fourth-order valence-corrected chi connectivity index (χ4v) is 3.61. The van der Waals surface area contributed by atoms with Crippen LogP contribution >= 0.6 is 0 Å². The number of halogens is 1. The zero-order valence-corrected chi connectivity index (χ0v) is 11.5. The van der Waals surface area contributed by atoms with E-state index in [0.29, 0.717) is 22.9 Å². The molecule has 1 aromatic carbocycles. The lowest BCUT2D eigenvalue weighted by atomic mass is 10.1. The molecule has 1 aliphatic rings. The van der Waals surface area contributed by atoms with Crippen LogP contribution in [0.5, 0.6) is 0 Å². The highest BCUT2D eigenvalue weighted by atomic mass is 32.2. The van der Waals surface area contributed by atoms with Crippen LogP contribution in [-0.4, -0.2) is 35.9 Å². The minimum atomic E-state index is -0.732. The molecule has 2 N–H and O–H groups in total. The highest BCUT2D eigenvalue weighted by Crippen LogP contribution is 2.27. The number of anilines is 1. The van der Waals surface area contributed by atoms with Crippen molar-refractivity contribution in [2.45, 2.75) is 18.9 Å². The standard InChI is InChI=1S/C12H14FN5OS/c13-10-2-1-8(7-11(10)14)12-15-16-17-18(12)9-3-5-20(19)6-4-9/h1-2,7,9H,3-6,14H2. The number of benzene rings is 1. The zero-order chi connectivity index (χ0) is 14.1. The van der Waals surface area contributed by atoms with Crippen LogP contribution in [0.2, 0.25) is 0 Å². The Kier molecular flexibility index (Phi) is 3.47.